The summed E-state index contributed by atoms with van der Waals surface area (Å²) < 4.78 is 55.4. The summed E-state index contributed by atoms with van der Waals surface area (Å²) in [7, 11) is 0. The van der Waals surface area contributed by atoms with Gasteiger partial charge < -0.3 is 5.11 Å². The highest BCUT2D eigenvalue weighted by Gasteiger charge is 2.24. The number of phenolic OH excluding ortho intramolecular Hbond substituents is 1. The SMILES string of the molecule is [2H]C([2H])([2H])c1cc(-c2c(C([2H])(C)C)cccc2C([2H])(C)C)ccc1-n1c(-c2ccccc2O)nc2c(-c3cc(-c4cc(-c5ccc(C([2H])(C)C)cc5)ccn4)cc(C(C)(C)C)c3)cccc21. The molecule has 0 fully saturated rings. The van der Waals surface area contributed by atoms with Gasteiger partial charge in [-0.05, 0) is 140 Å². The van der Waals surface area contributed by atoms with Gasteiger partial charge in [0.25, 0.3) is 0 Å². The summed E-state index contributed by atoms with van der Waals surface area (Å²) in [6, 6.07) is 42.5. The van der Waals surface area contributed by atoms with Gasteiger partial charge in [-0.15, -0.1) is 0 Å². The van der Waals surface area contributed by atoms with Crippen molar-refractivity contribution in [2.45, 2.75) is 92.3 Å². The second-order valence-corrected chi connectivity index (χ2v) is 17.5. The van der Waals surface area contributed by atoms with Crippen LogP contribution in [0.3, 0.4) is 0 Å². The molecule has 0 saturated heterocycles. The smallest absolute Gasteiger partial charge is 0.149 e. The lowest BCUT2D eigenvalue weighted by Crippen LogP contribution is -2.11. The number of nitrogens with zero attached hydrogens (tertiary/aromatic N) is 3. The third-order valence-electron chi connectivity index (χ3n) is 11.5. The zero-order valence-corrected chi connectivity index (χ0v) is 36.1. The largest absolute Gasteiger partial charge is 0.507 e. The molecule has 0 saturated carbocycles. The molecule has 8 rings (SSSR count). The maximum absolute atomic E-state index is 11.4. The van der Waals surface area contributed by atoms with E-state index in [0.717, 1.165) is 44.6 Å². The van der Waals surface area contributed by atoms with Gasteiger partial charge in [-0.25, -0.2) is 4.98 Å². The Hall–Kier alpha value is -6.26. The molecule has 2 aromatic heterocycles. The molecule has 0 aliphatic rings. The number of para-hydroxylation sites is 2. The van der Waals surface area contributed by atoms with E-state index in [0.29, 0.717) is 50.4 Å². The van der Waals surface area contributed by atoms with Crippen LogP contribution in [0.5, 0.6) is 5.75 Å². The van der Waals surface area contributed by atoms with Gasteiger partial charge in [0.15, 0.2) is 0 Å². The van der Waals surface area contributed by atoms with Crippen LogP contribution in [0.15, 0.2) is 140 Å². The fourth-order valence-electron chi connectivity index (χ4n) is 8.13. The van der Waals surface area contributed by atoms with Crippen LogP contribution < -0.4 is 0 Å². The van der Waals surface area contributed by atoms with Crippen LogP contribution in [0.4, 0.5) is 0 Å². The number of aryl methyl sites for hydroxylation is 1. The third kappa shape index (κ3) is 7.68. The van der Waals surface area contributed by atoms with E-state index in [1.54, 1.807) is 58.0 Å². The minimum Gasteiger partial charge on any atom is -0.507 e. The first-order valence-electron chi connectivity index (χ1n) is 23.6. The van der Waals surface area contributed by atoms with E-state index in [1.807, 2.05) is 91.3 Å². The first-order valence-corrected chi connectivity index (χ1v) is 20.6. The van der Waals surface area contributed by atoms with Crippen molar-refractivity contribution in [2.75, 3.05) is 0 Å². The van der Waals surface area contributed by atoms with Crippen molar-refractivity contribution in [3.63, 3.8) is 0 Å². The summed E-state index contributed by atoms with van der Waals surface area (Å²) in [5, 5.41) is 11.4. The predicted octanol–water partition coefficient (Wildman–Crippen LogP) is 15.4. The van der Waals surface area contributed by atoms with E-state index < -0.39 is 24.5 Å². The Balaban J connectivity index is 1.37. The number of phenols is 1. The van der Waals surface area contributed by atoms with Crippen LogP contribution in [0, 0.1) is 6.85 Å². The molecule has 302 valence electrons. The lowest BCUT2D eigenvalue weighted by atomic mass is 9.83. The van der Waals surface area contributed by atoms with Crippen molar-refractivity contribution in [1.29, 1.82) is 0 Å². The standard InChI is InChI=1S/C56H57N3O/c1-34(2)38-21-23-39(24-22-38)40-27-28-57-49(33-40)43-30-42(31-44(32-43)56(8,9)10)47-18-14-19-51-54(47)58-55(48-15-11-12-20-52(48)60)59(51)50-26-25-41(29-37(50)7)53-45(35(3)4)16-13-17-46(53)36(5)6/h11-36,60H,1-10H3/i7D3,34D,35D,36D. The molecule has 4 nitrogen and oxygen atoms in total. The highest BCUT2D eigenvalue weighted by atomic mass is 16.3. The second-order valence-electron chi connectivity index (χ2n) is 17.5. The molecule has 0 aliphatic carbocycles. The lowest BCUT2D eigenvalue weighted by Gasteiger charge is -2.22. The zero-order valence-electron chi connectivity index (χ0n) is 42.1. The molecule has 0 spiro atoms. The van der Waals surface area contributed by atoms with Crippen LogP contribution in [-0.4, -0.2) is 19.6 Å². The van der Waals surface area contributed by atoms with Crippen molar-refractivity contribution in [2.24, 2.45) is 0 Å². The maximum atomic E-state index is 11.4. The summed E-state index contributed by atoms with van der Waals surface area (Å²) >= 11 is 0. The quantitative estimate of drug-likeness (QED) is 0.158. The summed E-state index contributed by atoms with van der Waals surface area (Å²) in [6.45, 7) is 14.9. The van der Waals surface area contributed by atoms with E-state index in [1.165, 1.54) is 0 Å². The first-order chi connectivity index (χ1) is 30.8. The van der Waals surface area contributed by atoms with Gasteiger partial charge in [-0.3, -0.25) is 9.55 Å². The molecule has 4 heteroatoms. The summed E-state index contributed by atoms with van der Waals surface area (Å²) in [6.07, 6.45) is 1.83. The van der Waals surface area contributed by atoms with Crippen molar-refractivity contribution in [3.8, 4) is 67.5 Å². The maximum Gasteiger partial charge on any atom is 0.149 e. The topological polar surface area (TPSA) is 50.9 Å². The van der Waals surface area contributed by atoms with Gasteiger partial charge in [-0.1, -0.05) is 141 Å². The van der Waals surface area contributed by atoms with Gasteiger partial charge >= 0.3 is 0 Å². The molecule has 6 aromatic carbocycles. The molecule has 1 N–H and O–H groups in total. The second kappa shape index (κ2) is 16.1. The lowest BCUT2D eigenvalue weighted by molar-refractivity contribution is 0.477. The van der Waals surface area contributed by atoms with Crippen LogP contribution >= 0.6 is 0 Å². The summed E-state index contributed by atoms with van der Waals surface area (Å²) in [4.78, 5) is 10.2. The Morgan fingerprint density at radius 2 is 1.28 bits per heavy atom. The van der Waals surface area contributed by atoms with Crippen LogP contribution in [0.2, 0.25) is 0 Å². The number of benzene rings is 6. The molecule has 0 bridgehead atoms. The summed E-state index contributed by atoms with van der Waals surface area (Å²) in [5.41, 5.74) is 12.1. The van der Waals surface area contributed by atoms with Crippen LogP contribution in [0.25, 0.3) is 72.7 Å². The van der Waals surface area contributed by atoms with E-state index >= 15 is 0 Å². The number of rotatable bonds is 9. The molecule has 0 amide bonds. The molecule has 8 aromatic rings. The van der Waals surface area contributed by atoms with Crippen LogP contribution in [0.1, 0.15) is 116 Å². The van der Waals surface area contributed by atoms with Gasteiger partial charge in [-0.2, -0.15) is 0 Å². The Bertz CT molecular complexity index is 3090. The Labute approximate surface area is 365 Å². The highest BCUT2D eigenvalue weighted by Crippen LogP contribution is 2.42. The van der Waals surface area contributed by atoms with E-state index in [9.17, 15) is 5.11 Å². The fourth-order valence-corrected chi connectivity index (χ4v) is 8.13. The number of fused-ring (bicyclic) bond motifs is 1. The number of pyridine rings is 1. The van der Waals surface area contributed by atoms with E-state index in [-0.39, 0.29) is 16.7 Å². The Kier molecular flexibility index (Phi) is 8.99. The van der Waals surface area contributed by atoms with E-state index in [2.05, 4.69) is 57.2 Å². The number of hydrogen-bond donors (Lipinski definition) is 1. The number of hydrogen-bond acceptors (Lipinski definition) is 3. The monoisotopic (exact) mass is 793 g/mol. The van der Waals surface area contributed by atoms with Gasteiger partial charge in [0.05, 0.1) is 28.0 Å². The number of imidazole rings is 1. The Morgan fingerprint density at radius 1 is 0.617 bits per heavy atom. The van der Waals surface area contributed by atoms with Gasteiger partial charge in [0, 0.05) is 25.5 Å². The van der Waals surface area contributed by atoms with Crippen molar-refractivity contribution < 1.29 is 13.3 Å². The van der Waals surface area contributed by atoms with Gasteiger partial charge in [0.2, 0.25) is 0 Å². The molecule has 0 radical (unpaired) electrons. The van der Waals surface area contributed by atoms with Crippen LogP contribution in [-0.2, 0) is 5.41 Å². The van der Waals surface area contributed by atoms with Crippen molar-refractivity contribution in [3.05, 3.63) is 167 Å². The Morgan fingerprint density at radius 3 is 1.95 bits per heavy atom. The van der Waals surface area contributed by atoms with Crippen molar-refractivity contribution >= 4 is 11.0 Å². The average molecular weight is 794 g/mol. The zero-order chi connectivity index (χ0) is 47.7. The van der Waals surface area contributed by atoms with Gasteiger partial charge in [0.1, 0.15) is 11.6 Å². The third-order valence-corrected chi connectivity index (χ3v) is 11.5. The summed E-state index contributed by atoms with van der Waals surface area (Å²) in [5.74, 6) is -2.42. The molecule has 0 atom stereocenters. The fraction of sp³-hybridized carbons (Fsp3) is 0.250. The molecule has 0 aliphatic heterocycles. The molecule has 0 unspecified atom stereocenters. The molecule has 2 heterocycles. The normalized spacial score (nSPS) is 14.2. The number of aromatic nitrogens is 3. The van der Waals surface area contributed by atoms with E-state index in [4.69, 9.17) is 18.2 Å². The highest BCUT2D eigenvalue weighted by molar-refractivity contribution is 5.97. The minimum absolute atomic E-state index is 0.00222. The molecular formula is C56H57N3O. The predicted molar refractivity (Wildman–Crippen MR) is 253 cm³/mol. The first kappa shape index (κ1) is 33.6. The molecule has 60 heavy (non-hydrogen) atoms. The van der Waals surface area contributed by atoms with Crippen molar-refractivity contribution in [1.82, 2.24) is 14.5 Å². The average Bonchev–Trinajstić information content (AvgIpc) is 3.64. The minimum atomic E-state index is -2.60. The number of aromatic hydroxyl groups is 1. The molecular weight excluding hydrogens is 731 g/mol.